The van der Waals surface area contributed by atoms with E-state index in [9.17, 15) is 4.39 Å². The fourth-order valence-electron chi connectivity index (χ4n) is 2.22. The molecule has 1 aromatic carbocycles. The Hall–Kier alpha value is -1.87. The van der Waals surface area contributed by atoms with Crippen molar-refractivity contribution in [3.8, 4) is 11.1 Å². The molecule has 3 aromatic rings. The average Bonchev–Trinajstić information content (AvgIpc) is 2.76. The SMILES string of the molecule is FCCc1c(Cl)[nH]c2ncc(-c3ccccc3)cc12. The molecule has 0 aliphatic rings. The zero-order chi connectivity index (χ0) is 13.2. The van der Waals surface area contributed by atoms with E-state index in [1.807, 2.05) is 36.4 Å². The monoisotopic (exact) mass is 274 g/mol. The second-order valence-electron chi connectivity index (χ2n) is 4.34. The fraction of sp³-hybridized carbons (Fsp3) is 0.133. The number of H-pyrrole nitrogens is 1. The summed E-state index contributed by atoms with van der Waals surface area (Å²) in [4.78, 5) is 7.34. The largest absolute Gasteiger partial charge is 0.330 e. The molecular formula is C15H12ClFN2. The summed E-state index contributed by atoms with van der Waals surface area (Å²) in [6, 6.07) is 12.0. The van der Waals surface area contributed by atoms with E-state index < -0.39 is 6.67 Å². The maximum atomic E-state index is 12.6. The van der Waals surface area contributed by atoms with E-state index in [0.717, 1.165) is 22.1 Å². The summed E-state index contributed by atoms with van der Waals surface area (Å²) in [5, 5.41) is 1.37. The smallest absolute Gasteiger partial charge is 0.138 e. The van der Waals surface area contributed by atoms with E-state index >= 15 is 0 Å². The number of hydrogen-bond acceptors (Lipinski definition) is 1. The summed E-state index contributed by atoms with van der Waals surface area (Å²) >= 11 is 6.08. The number of aromatic amines is 1. The Morgan fingerprint density at radius 3 is 2.68 bits per heavy atom. The number of fused-ring (bicyclic) bond motifs is 1. The zero-order valence-corrected chi connectivity index (χ0v) is 10.9. The lowest BCUT2D eigenvalue weighted by molar-refractivity contribution is 0.496. The molecule has 0 spiro atoms. The first-order chi connectivity index (χ1) is 9.29. The molecule has 0 atom stereocenters. The second-order valence-corrected chi connectivity index (χ2v) is 4.72. The average molecular weight is 275 g/mol. The molecule has 0 fully saturated rings. The van der Waals surface area contributed by atoms with Crippen LogP contribution in [0.4, 0.5) is 4.39 Å². The van der Waals surface area contributed by atoms with Crippen LogP contribution in [0.3, 0.4) is 0 Å². The van der Waals surface area contributed by atoms with Crippen molar-refractivity contribution >= 4 is 22.6 Å². The lowest BCUT2D eigenvalue weighted by atomic mass is 10.1. The first-order valence-corrected chi connectivity index (χ1v) is 6.45. The van der Waals surface area contributed by atoms with Gasteiger partial charge in [0.15, 0.2) is 0 Å². The number of pyridine rings is 1. The number of benzene rings is 1. The van der Waals surface area contributed by atoms with Gasteiger partial charge in [-0.15, -0.1) is 0 Å². The first kappa shape index (κ1) is 12.2. The van der Waals surface area contributed by atoms with Gasteiger partial charge in [0.2, 0.25) is 0 Å². The summed E-state index contributed by atoms with van der Waals surface area (Å²) in [6.07, 6.45) is 2.10. The minimum atomic E-state index is -0.428. The van der Waals surface area contributed by atoms with Crippen molar-refractivity contribution in [2.45, 2.75) is 6.42 Å². The summed E-state index contributed by atoms with van der Waals surface area (Å²) in [7, 11) is 0. The predicted molar refractivity (Wildman–Crippen MR) is 76.2 cm³/mol. The highest BCUT2D eigenvalue weighted by Gasteiger charge is 2.11. The molecule has 2 nitrogen and oxygen atoms in total. The molecule has 4 heteroatoms. The van der Waals surface area contributed by atoms with Gasteiger partial charge in [0.25, 0.3) is 0 Å². The van der Waals surface area contributed by atoms with Crippen LogP contribution in [0.1, 0.15) is 5.56 Å². The lowest BCUT2D eigenvalue weighted by Gasteiger charge is -2.02. The third-order valence-corrected chi connectivity index (χ3v) is 3.48. The van der Waals surface area contributed by atoms with Gasteiger partial charge in [-0.3, -0.25) is 4.39 Å². The normalized spacial score (nSPS) is 11.1. The number of nitrogens with one attached hydrogen (secondary N) is 1. The molecule has 2 aromatic heterocycles. The Kier molecular flexibility index (Phi) is 3.22. The Bertz CT molecular complexity index is 707. The summed E-state index contributed by atoms with van der Waals surface area (Å²) in [6.45, 7) is -0.428. The van der Waals surface area contributed by atoms with Crippen molar-refractivity contribution in [2.75, 3.05) is 6.67 Å². The molecule has 0 aliphatic heterocycles. The number of alkyl halides is 1. The maximum absolute atomic E-state index is 12.6. The highest BCUT2D eigenvalue weighted by Crippen LogP contribution is 2.29. The van der Waals surface area contributed by atoms with E-state index in [4.69, 9.17) is 11.6 Å². The minimum Gasteiger partial charge on any atom is -0.330 e. The van der Waals surface area contributed by atoms with Gasteiger partial charge < -0.3 is 4.98 Å². The molecule has 19 heavy (non-hydrogen) atoms. The van der Waals surface area contributed by atoms with Gasteiger partial charge in [-0.2, -0.15) is 0 Å². The molecule has 0 aliphatic carbocycles. The Balaban J connectivity index is 2.17. The van der Waals surface area contributed by atoms with Crippen LogP contribution in [-0.2, 0) is 6.42 Å². The molecule has 96 valence electrons. The van der Waals surface area contributed by atoms with Crippen LogP contribution < -0.4 is 0 Å². The zero-order valence-electron chi connectivity index (χ0n) is 10.2. The van der Waals surface area contributed by atoms with E-state index in [2.05, 4.69) is 9.97 Å². The minimum absolute atomic E-state index is 0.304. The van der Waals surface area contributed by atoms with Crippen molar-refractivity contribution in [3.63, 3.8) is 0 Å². The Morgan fingerprint density at radius 2 is 1.95 bits per heavy atom. The van der Waals surface area contributed by atoms with Crippen molar-refractivity contribution in [1.82, 2.24) is 9.97 Å². The van der Waals surface area contributed by atoms with E-state index in [1.54, 1.807) is 6.20 Å². The molecule has 1 N–H and O–H groups in total. The molecule has 2 heterocycles. The third kappa shape index (κ3) is 2.22. The molecule has 0 saturated carbocycles. The first-order valence-electron chi connectivity index (χ1n) is 6.07. The van der Waals surface area contributed by atoms with Crippen LogP contribution in [0, 0.1) is 0 Å². The van der Waals surface area contributed by atoms with Crippen molar-refractivity contribution in [2.24, 2.45) is 0 Å². The van der Waals surface area contributed by atoms with E-state index in [-0.39, 0.29) is 0 Å². The summed E-state index contributed by atoms with van der Waals surface area (Å²) < 4.78 is 12.6. The molecule has 0 amide bonds. The van der Waals surface area contributed by atoms with Crippen molar-refractivity contribution in [3.05, 3.63) is 53.3 Å². The van der Waals surface area contributed by atoms with Crippen molar-refractivity contribution in [1.29, 1.82) is 0 Å². The second kappa shape index (κ2) is 5.02. The van der Waals surface area contributed by atoms with Crippen LogP contribution in [0.2, 0.25) is 5.15 Å². The number of nitrogens with zero attached hydrogens (tertiary/aromatic N) is 1. The van der Waals surface area contributed by atoms with Crippen LogP contribution in [0.5, 0.6) is 0 Å². The standard InChI is InChI=1S/C15H12ClFN2/c16-14-12(6-7-17)13-8-11(9-18-15(13)19-14)10-4-2-1-3-5-10/h1-5,8-9H,6-7H2,(H,18,19). The van der Waals surface area contributed by atoms with Crippen molar-refractivity contribution < 1.29 is 4.39 Å². The molecule has 3 rings (SSSR count). The van der Waals surface area contributed by atoms with Gasteiger partial charge in [-0.05, 0) is 11.6 Å². The Morgan fingerprint density at radius 1 is 1.16 bits per heavy atom. The fourth-order valence-corrected chi connectivity index (χ4v) is 2.51. The Labute approximate surface area is 115 Å². The molecular weight excluding hydrogens is 263 g/mol. The number of aryl methyl sites for hydroxylation is 1. The van der Waals surface area contributed by atoms with Gasteiger partial charge >= 0.3 is 0 Å². The highest BCUT2D eigenvalue weighted by molar-refractivity contribution is 6.31. The maximum Gasteiger partial charge on any atom is 0.138 e. The summed E-state index contributed by atoms with van der Waals surface area (Å²) in [5.41, 5.74) is 3.59. The number of hydrogen-bond donors (Lipinski definition) is 1. The number of rotatable bonds is 3. The molecule has 0 saturated heterocycles. The third-order valence-electron chi connectivity index (χ3n) is 3.16. The van der Waals surface area contributed by atoms with Crippen LogP contribution in [0.25, 0.3) is 22.2 Å². The predicted octanol–water partition coefficient (Wildman–Crippen LogP) is 4.40. The van der Waals surface area contributed by atoms with Gasteiger partial charge in [0.05, 0.1) is 6.67 Å². The van der Waals surface area contributed by atoms with E-state index in [0.29, 0.717) is 17.2 Å². The summed E-state index contributed by atoms with van der Waals surface area (Å²) in [5.74, 6) is 0. The van der Waals surface area contributed by atoms with Crippen LogP contribution in [-0.4, -0.2) is 16.6 Å². The van der Waals surface area contributed by atoms with Crippen LogP contribution in [0.15, 0.2) is 42.6 Å². The topological polar surface area (TPSA) is 28.7 Å². The number of halogens is 2. The van der Waals surface area contributed by atoms with Crippen LogP contribution >= 0.6 is 11.6 Å². The lowest BCUT2D eigenvalue weighted by Crippen LogP contribution is -1.87. The molecule has 0 unspecified atom stereocenters. The highest BCUT2D eigenvalue weighted by atomic mass is 35.5. The van der Waals surface area contributed by atoms with Gasteiger partial charge in [-0.1, -0.05) is 41.9 Å². The molecule has 0 bridgehead atoms. The quantitative estimate of drug-likeness (QED) is 0.754. The van der Waals surface area contributed by atoms with E-state index in [1.165, 1.54) is 0 Å². The van der Waals surface area contributed by atoms with Gasteiger partial charge in [-0.25, -0.2) is 4.98 Å². The number of aromatic nitrogens is 2. The van der Waals surface area contributed by atoms with Gasteiger partial charge in [0, 0.05) is 29.1 Å². The molecule has 0 radical (unpaired) electrons. The van der Waals surface area contributed by atoms with Gasteiger partial charge in [0.1, 0.15) is 10.8 Å².